The molecule has 0 saturated heterocycles. The van der Waals surface area contributed by atoms with E-state index in [1.165, 1.54) is 17.9 Å². The van der Waals surface area contributed by atoms with Crippen molar-refractivity contribution >= 4 is 17.9 Å². The summed E-state index contributed by atoms with van der Waals surface area (Å²) in [6, 6.07) is 0. The summed E-state index contributed by atoms with van der Waals surface area (Å²) >= 11 is 1.95. The third-order valence-corrected chi connectivity index (χ3v) is 2.80. The third-order valence-electron chi connectivity index (χ3n) is 1.82. The smallest absolute Gasteiger partial charge is 0.407 e. The molecule has 5 heteroatoms. The van der Waals surface area contributed by atoms with Gasteiger partial charge in [0, 0.05) is 13.1 Å². The number of hydrogen-bond donors (Lipinski definition) is 2. The van der Waals surface area contributed by atoms with Crippen LogP contribution in [0.5, 0.6) is 0 Å². The fourth-order valence-corrected chi connectivity index (χ4v) is 1.77. The molecular weight excluding hydrogens is 236 g/mol. The molecule has 0 radical (unpaired) electrons. The lowest BCUT2D eigenvalue weighted by molar-refractivity contribution is 0.0528. The van der Waals surface area contributed by atoms with E-state index < -0.39 is 5.60 Å². The van der Waals surface area contributed by atoms with E-state index in [0.29, 0.717) is 6.54 Å². The maximum absolute atomic E-state index is 11.3. The molecule has 0 spiro atoms. The molecule has 0 rings (SSSR count). The Balaban J connectivity index is 3.25. The predicted molar refractivity (Wildman–Crippen MR) is 74.7 cm³/mol. The zero-order chi connectivity index (χ0) is 13.1. The minimum atomic E-state index is -0.422. The Hall–Kier alpha value is -0.420. The molecule has 0 atom stereocenters. The number of alkyl carbamates (subject to hydrolysis) is 1. The average Bonchev–Trinajstić information content (AvgIpc) is 2.19. The second-order valence-corrected chi connectivity index (χ2v) is 6.12. The van der Waals surface area contributed by atoms with Gasteiger partial charge in [0.1, 0.15) is 5.60 Å². The van der Waals surface area contributed by atoms with Gasteiger partial charge in [0.15, 0.2) is 0 Å². The highest BCUT2D eigenvalue weighted by Crippen LogP contribution is 2.05. The summed E-state index contributed by atoms with van der Waals surface area (Å²) in [5, 5.41) is 5.99. The molecule has 1 amide bonds. The molecule has 0 heterocycles. The van der Waals surface area contributed by atoms with Gasteiger partial charge in [0.25, 0.3) is 0 Å². The molecule has 0 aliphatic carbocycles. The van der Waals surface area contributed by atoms with Crippen LogP contribution in [-0.4, -0.2) is 42.8 Å². The van der Waals surface area contributed by atoms with Crippen molar-refractivity contribution in [1.29, 1.82) is 0 Å². The zero-order valence-corrected chi connectivity index (χ0v) is 12.3. The summed E-state index contributed by atoms with van der Waals surface area (Å²) in [5.74, 6) is 2.38. The first-order valence-corrected chi connectivity index (χ1v) is 7.36. The quantitative estimate of drug-likeness (QED) is 0.659. The second-order valence-electron chi connectivity index (χ2n) is 4.73. The molecule has 0 aliphatic rings. The number of carbonyl (C=O) groups is 1. The van der Waals surface area contributed by atoms with E-state index in [2.05, 4.69) is 17.6 Å². The first-order chi connectivity index (χ1) is 7.95. The van der Waals surface area contributed by atoms with E-state index in [1.54, 1.807) is 0 Å². The molecule has 0 aliphatic heterocycles. The van der Waals surface area contributed by atoms with E-state index in [0.717, 1.165) is 13.1 Å². The van der Waals surface area contributed by atoms with Crippen molar-refractivity contribution in [2.45, 2.75) is 39.7 Å². The lowest BCUT2D eigenvalue weighted by Gasteiger charge is -2.19. The van der Waals surface area contributed by atoms with Gasteiger partial charge in [-0.3, -0.25) is 0 Å². The van der Waals surface area contributed by atoms with Crippen molar-refractivity contribution in [2.75, 3.05) is 31.1 Å². The number of ether oxygens (including phenoxy) is 1. The lowest BCUT2D eigenvalue weighted by Crippen LogP contribution is -2.36. The number of rotatable bonds is 8. The summed E-state index contributed by atoms with van der Waals surface area (Å²) in [5.41, 5.74) is -0.422. The minimum absolute atomic E-state index is 0.346. The van der Waals surface area contributed by atoms with Gasteiger partial charge in [0.05, 0.1) is 0 Å². The Bertz CT molecular complexity index is 205. The van der Waals surface area contributed by atoms with Crippen LogP contribution in [0.3, 0.4) is 0 Å². The first kappa shape index (κ1) is 16.6. The summed E-state index contributed by atoms with van der Waals surface area (Å²) < 4.78 is 5.12. The Morgan fingerprint density at radius 2 is 1.94 bits per heavy atom. The Morgan fingerprint density at radius 3 is 2.53 bits per heavy atom. The van der Waals surface area contributed by atoms with E-state index >= 15 is 0 Å². The first-order valence-electron chi connectivity index (χ1n) is 6.21. The van der Waals surface area contributed by atoms with Crippen LogP contribution < -0.4 is 10.6 Å². The van der Waals surface area contributed by atoms with Crippen molar-refractivity contribution < 1.29 is 9.53 Å². The van der Waals surface area contributed by atoms with Gasteiger partial charge in [-0.1, -0.05) is 6.92 Å². The minimum Gasteiger partial charge on any atom is -0.444 e. The van der Waals surface area contributed by atoms with Gasteiger partial charge in [-0.05, 0) is 45.2 Å². The molecule has 0 unspecified atom stereocenters. The monoisotopic (exact) mass is 262 g/mol. The van der Waals surface area contributed by atoms with Gasteiger partial charge in [-0.2, -0.15) is 11.8 Å². The maximum Gasteiger partial charge on any atom is 0.407 e. The topological polar surface area (TPSA) is 50.4 Å². The van der Waals surface area contributed by atoms with Crippen LogP contribution in [0.4, 0.5) is 4.79 Å². The van der Waals surface area contributed by atoms with E-state index in [9.17, 15) is 4.79 Å². The van der Waals surface area contributed by atoms with Crippen LogP contribution in [-0.2, 0) is 4.74 Å². The zero-order valence-electron chi connectivity index (χ0n) is 11.5. The number of amides is 1. The van der Waals surface area contributed by atoms with Gasteiger partial charge < -0.3 is 15.4 Å². The Morgan fingerprint density at radius 1 is 1.24 bits per heavy atom. The van der Waals surface area contributed by atoms with Crippen LogP contribution in [0.25, 0.3) is 0 Å². The molecule has 0 aromatic rings. The van der Waals surface area contributed by atoms with Crippen molar-refractivity contribution in [3.8, 4) is 0 Å². The second kappa shape index (κ2) is 9.59. The summed E-state index contributed by atoms with van der Waals surface area (Å²) in [6.07, 6.45) is 0.825. The maximum atomic E-state index is 11.3. The molecule has 0 bridgehead atoms. The lowest BCUT2D eigenvalue weighted by atomic mass is 10.2. The van der Waals surface area contributed by atoms with Crippen LogP contribution in [0.2, 0.25) is 0 Å². The molecule has 0 fully saturated rings. The SMILES string of the molecule is CCSCCCNCCNC(=O)OC(C)(C)C. The van der Waals surface area contributed by atoms with Gasteiger partial charge in [-0.25, -0.2) is 4.79 Å². The fraction of sp³-hybridized carbons (Fsp3) is 0.917. The summed E-state index contributed by atoms with van der Waals surface area (Å²) in [4.78, 5) is 11.3. The summed E-state index contributed by atoms with van der Waals surface area (Å²) in [7, 11) is 0. The molecule has 4 nitrogen and oxygen atoms in total. The van der Waals surface area contributed by atoms with Crippen LogP contribution >= 0.6 is 11.8 Å². The fourth-order valence-electron chi connectivity index (χ4n) is 1.14. The Labute approximate surface area is 109 Å². The van der Waals surface area contributed by atoms with E-state index in [4.69, 9.17) is 4.74 Å². The van der Waals surface area contributed by atoms with Crippen LogP contribution in [0.15, 0.2) is 0 Å². The van der Waals surface area contributed by atoms with Gasteiger partial charge in [-0.15, -0.1) is 0 Å². The molecule has 2 N–H and O–H groups in total. The third kappa shape index (κ3) is 13.5. The molecule has 0 saturated carbocycles. The largest absolute Gasteiger partial charge is 0.444 e. The van der Waals surface area contributed by atoms with Crippen molar-refractivity contribution in [1.82, 2.24) is 10.6 Å². The highest BCUT2D eigenvalue weighted by atomic mass is 32.2. The van der Waals surface area contributed by atoms with Gasteiger partial charge >= 0.3 is 6.09 Å². The van der Waals surface area contributed by atoms with E-state index in [-0.39, 0.29) is 6.09 Å². The number of hydrogen-bond acceptors (Lipinski definition) is 4. The standard InChI is InChI=1S/C12H26N2O2S/c1-5-17-10-6-7-13-8-9-14-11(15)16-12(2,3)4/h13H,5-10H2,1-4H3,(H,14,15). The number of thioether (sulfide) groups is 1. The molecule has 102 valence electrons. The van der Waals surface area contributed by atoms with Crippen LogP contribution in [0.1, 0.15) is 34.1 Å². The number of nitrogens with one attached hydrogen (secondary N) is 2. The highest BCUT2D eigenvalue weighted by Gasteiger charge is 2.15. The average molecular weight is 262 g/mol. The molecule has 17 heavy (non-hydrogen) atoms. The summed E-state index contributed by atoms with van der Waals surface area (Å²) in [6.45, 7) is 10.1. The van der Waals surface area contributed by atoms with Crippen molar-refractivity contribution in [3.63, 3.8) is 0 Å². The van der Waals surface area contributed by atoms with Gasteiger partial charge in [0.2, 0.25) is 0 Å². The molecule has 0 aromatic carbocycles. The van der Waals surface area contributed by atoms with Crippen molar-refractivity contribution in [2.24, 2.45) is 0 Å². The molecule has 0 aromatic heterocycles. The van der Waals surface area contributed by atoms with Crippen LogP contribution in [0, 0.1) is 0 Å². The highest BCUT2D eigenvalue weighted by molar-refractivity contribution is 7.99. The predicted octanol–water partition coefficient (Wildman–Crippen LogP) is 2.24. The molecular formula is C12H26N2O2S. The normalized spacial score (nSPS) is 11.3. The Kier molecular flexibility index (Phi) is 9.36. The van der Waals surface area contributed by atoms with Crippen molar-refractivity contribution in [3.05, 3.63) is 0 Å². The van der Waals surface area contributed by atoms with E-state index in [1.807, 2.05) is 32.5 Å². The number of carbonyl (C=O) groups excluding carboxylic acids is 1.